The molecule has 0 unspecified atom stereocenters. The van der Waals surface area contributed by atoms with Crippen LogP contribution in [0.5, 0.6) is 5.06 Å². The van der Waals surface area contributed by atoms with Crippen molar-refractivity contribution in [3.8, 4) is 5.06 Å². The van der Waals surface area contributed by atoms with Gasteiger partial charge in [0, 0.05) is 0 Å². The van der Waals surface area contributed by atoms with Gasteiger partial charge >= 0.3 is 39.7 Å². The molecule has 1 aromatic rings. The minimum Gasteiger partial charge on any atom is -1.00 e. The summed E-state index contributed by atoms with van der Waals surface area (Å²) in [5, 5.41) is 2.21. The van der Waals surface area contributed by atoms with Gasteiger partial charge in [-0.25, -0.2) is 0 Å². The summed E-state index contributed by atoms with van der Waals surface area (Å²) < 4.78 is 26.9. The van der Waals surface area contributed by atoms with E-state index >= 15 is 0 Å². The van der Waals surface area contributed by atoms with Gasteiger partial charge in [0.05, 0.1) is 5.75 Å². The standard InChI is InChI=1S/C7H10O3S2.Na.H/c1-2-6-12(8,9)10-7-4-3-5-11-7;;/h3-5H,2,6H2,1H3;;/q;+1;-1. The Hall–Kier alpha value is 0.450. The molecule has 1 rings (SSSR count). The van der Waals surface area contributed by atoms with Gasteiger partial charge in [0.1, 0.15) is 0 Å². The van der Waals surface area contributed by atoms with Crippen molar-refractivity contribution < 1.29 is 43.6 Å². The van der Waals surface area contributed by atoms with Crippen molar-refractivity contribution >= 4 is 21.5 Å². The maximum Gasteiger partial charge on any atom is 1.00 e. The summed E-state index contributed by atoms with van der Waals surface area (Å²) in [6, 6.07) is 3.39. The summed E-state index contributed by atoms with van der Waals surface area (Å²) in [5.41, 5.74) is 0. The quantitative estimate of drug-likeness (QED) is 0.491. The van der Waals surface area contributed by atoms with E-state index in [0.717, 1.165) is 0 Å². The van der Waals surface area contributed by atoms with Gasteiger partial charge in [0.2, 0.25) is 0 Å². The van der Waals surface area contributed by atoms with E-state index in [1.807, 2.05) is 0 Å². The first kappa shape index (κ1) is 13.4. The molecular formula is C7H11NaO3S2. The van der Waals surface area contributed by atoms with Gasteiger partial charge in [-0.2, -0.15) is 8.42 Å². The van der Waals surface area contributed by atoms with Crippen LogP contribution in [0.1, 0.15) is 14.8 Å². The monoisotopic (exact) mass is 230 g/mol. The molecule has 13 heavy (non-hydrogen) atoms. The first-order valence-electron chi connectivity index (χ1n) is 3.60. The third-order valence-electron chi connectivity index (χ3n) is 1.16. The summed E-state index contributed by atoms with van der Waals surface area (Å²) in [4.78, 5) is 0. The zero-order valence-electron chi connectivity index (χ0n) is 8.69. The van der Waals surface area contributed by atoms with Crippen LogP contribution in [-0.2, 0) is 10.1 Å². The van der Waals surface area contributed by atoms with Crippen molar-refractivity contribution in [2.75, 3.05) is 5.75 Å². The van der Waals surface area contributed by atoms with Crippen molar-refractivity contribution in [3.05, 3.63) is 17.5 Å². The molecule has 1 heterocycles. The first-order chi connectivity index (χ1) is 5.64. The van der Waals surface area contributed by atoms with Gasteiger partial charge in [-0.05, 0) is 23.9 Å². The van der Waals surface area contributed by atoms with E-state index in [1.54, 1.807) is 24.4 Å². The average molecular weight is 230 g/mol. The van der Waals surface area contributed by atoms with Crippen molar-refractivity contribution in [1.82, 2.24) is 0 Å². The van der Waals surface area contributed by atoms with E-state index in [9.17, 15) is 8.42 Å². The van der Waals surface area contributed by atoms with E-state index in [-0.39, 0.29) is 36.7 Å². The summed E-state index contributed by atoms with van der Waals surface area (Å²) in [6.07, 6.45) is 0.577. The fourth-order valence-electron chi connectivity index (χ4n) is 0.728. The maximum atomic E-state index is 11.1. The Morgan fingerprint density at radius 1 is 1.62 bits per heavy atom. The Bertz CT molecular complexity index is 323. The second-order valence-electron chi connectivity index (χ2n) is 2.28. The van der Waals surface area contributed by atoms with E-state index < -0.39 is 10.1 Å². The predicted molar refractivity (Wildman–Crippen MR) is 50.1 cm³/mol. The Morgan fingerprint density at radius 3 is 2.77 bits per heavy atom. The third kappa shape index (κ3) is 5.02. The minimum atomic E-state index is -3.34. The Kier molecular flexibility index (Phi) is 6.24. The SMILES string of the molecule is CCCS(=O)(=O)Oc1cccs1.[H-].[Na+]. The minimum absolute atomic E-state index is 0. The second-order valence-corrected chi connectivity index (χ2v) is 4.88. The smallest absolute Gasteiger partial charge is 1.00 e. The molecule has 0 amide bonds. The van der Waals surface area contributed by atoms with Crippen molar-refractivity contribution in [2.45, 2.75) is 13.3 Å². The molecule has 0 N–H and O–H groups in total. The molecule has 0 bridgehead atoms. The van der Waals surface area contributed by atoms with Crippen LogP contribution < -0.4 is 33.7 Å². The molecule has 0 spiro atoms. The van der Waals surface area contributed by atoms with Crippen molar-refractivity contribution in [1.29, 1.82) is 0 Å². The van der Waals surface area contributed by atoms with Gasteiger partial charge in [0.15, 0.2) is 5.06 Å². The Morgan fingerprint density at radius 2 is 2.31 bits per heavy atom. The fourth-order valence-corrected chi connectivity index (χ4v) is 2.53. The number of rotatable bonds is 4. The molecule has 0 aromatic carbocycles. The van der Waals surface area contributed by atoms with E-state index in [4.69, 9.17) is 4.18 Å². The van der Waals surface area contributed by atoms with Crippen LogP contribution in [0.15, 0.2) is 17.5 Å². The van der Waals surface area contributed by atoms with Gasteiger partial charge in [0.25, 0.3) is 0 Å². The molecule has 0 aliphatic rings. The Balaban J connectivity index is 0. The molecule has 0 aliphatic heterocycles. The molecule has 0 radical (unpaired) electrons. The van der Waals surface area contributed by atoms with Crippen LogP contribution in [0.25, 0.3) is 0 Å². The third-order valence-corrected chi connectivity index (χ3v) is 3.35. The zero-order valence-corrected chi connectivity index (χ0v) is 11.3. The zero-order chi connectivity index (χ0) is 9.03. The molecule has 0 saturated heterocycles. The normalized spacial score (nSPS) is 10.5. The summed E-state index contributed by atoms with van der Waals surface area (Å²) >= 11 is 1.27. The molecule has 0 saturated carbocycles. The van der Waals surface area contributed by atoms with Gasteiger partial charge in [-0.1, -0.05) is 6.92 Å². The predicted octanol–water partition coefficient (Wildman–Crippen LogP) is -1.02. The number of thiophene rings is 1. The first-order valence-corrected chi connectivity index (χ1v) is 6.05. The van der Waals surface area contributed by atoms with E-state index in [2.05, 4.69) is 0 Å². The molecule has 1 aromatic heterocycles. The Labute approximate surface area is 106 Å². The molecular weight excluding hydrogens is 219 g/mol. The largest absolute Gasteiger partial charge is 1.00 e. The van der Waals surface area contributed by atoms with Gasteiger partial charge < -0.3 is 5.61 Å². The van der Waals surface area contributed by atoms with Crippen molar-refractivity contribution in [2.24, 2.45) is 0 Å². The molecule has 0 atom stereocenters. The van der Waals surface area contributed by atoms with Crippen LogP contribution in [-0.4, -0.2) is 14.2 Å². The summed E-state index contributed by atoms with van der Waals surface area (Å²) in [5.74, 6) is 0.0743. The van der Waals surface area contributed by atoms with Crippen LogP contribution in [0.4, 0.5) is 0 Å². The maximum absolute atomic E-state index is 11.1. The van der Waals surface area contributed by atoms with Crippen molar-refractivity contribution in [3.63, 3.8) is 0 Å². The van der Waals surface area contributed by atoms with Crippen LogP contribution in [0.2, 0.25) is 0 Å². The molecule has 70 valence electrons. The molecule has 0 aliphatic carbocycles. The van der Waals surface area contributed by atoms with Gasteiger partial charge in [-0.15, -0.1) is 11.3 Å². The fraction of sp³-hybridized carbons (Fsp3) is 0.429. The molecule has 6 heteroatoms. The average Bonchev–Trinajstić information content (AvgIpc) is 2.38. The van der Waals surface area contributed by atoms with Crippen LogP contribution in [0, 0.1) is 0 Å². The summed E-state index contributed by atoms with van der Waals surface area (Å²) in [6.45, 7) is 1.80. The van der Waals surface area contributed by atoms with E-state index in [0.29, 0.717) is 11.5 Å². The number of hydrogen-bond acceptors (Lipinski definition) is 4. The second kappa shape index (κ2) is 6.03. The topological polar surface area (TPSA) is 43.4 Å². The van der Waals surface area contributed by atoms with Crippen LogP contribution >= 0.6 is 11.3 Å². The molecule has 0 fully saturated rings. The molecule has 3 nitrogen and oxygen atoms in total. The van der Waals surface area contributed by atoms with Gasteiger partial charge in [-0.3, -0.25) is 0 Å². The van der Waals surface area contributed by atoms with Crippen LogP contribution in [0.3, 0.4) is 0 Å². The van der Waals surface area contributed by atoms with E-state index in [1.165, 1.54) is 11.3 Å². The summed E-state index contributed by atoms with van der Waals surface area (Å²) in [7, 11) is -3.34. The number of hydrogen-bond donors (Lipinski definition) is 0.